The standard InChI is InChI=1S/C13H25NO3/c1-9(2)7-10(3)17-8-12(13(15)16-4)14-11-5-6-11/h9-12,14H,5-8H2,1-4H3. The summed E-state index contributed by atoms with van der Waals surface area (Å²) in [6.45, 7) is 6.78. The van der Waals surface area contributed by atoms with Crippen LogP contribution in [0.1, 0.15) is 40.0 Å². The van der Waals surface area contributed by atoms with Gasteiger partial charge in [0.1, 0.15) is 6.04 Å². The molecule has 0 aromatic heterocycles. The third-order valence-electron chi connectivity index (χ3n) is 2.85. The fraction of sp³-hybridized carbons (Fsp3) is 0.923. The highest BCUT2D eigenvalue weighted by Crippen LogP contribution is 2.20. The molecule has 1 aliphatic carbocycles. The summed E-state index contributed by atoms with van der Waals surface area (Å²) >= 11 is 0. The van der Waals surface area contributed by atoms with Crippen LogP contribution in [0.3, 0.4) is 0 Å². The Labute approximate surface area is 104 Å². The fourth-order valence-electron chi connectivity index (χ4n) is 1.85. The molecule has 1 saturated carbocycles. The number of hydrogen-bond acceptors (Lipinski definition) is 4. The largest absolute Gasteiger partial charge is 0.468 e. The van der Waals surface area contributed by atoms with Crippen LogP contribution in [-0.2, 0) is 14.3 Å². The molecule has 0 heterocycles. The predicted octanol–water partition coefficient (Wildman–Crippen LogP) is 1.73. The van der Waals surface area contributed by atoms with E-state index >= 15 is 0 Å². The van der Waals surface area contributed by atoms with Gasteiger partial charge in [0, 0.05) is 6.04 Å². The van der Waals surface area contributed by atoms with Crippen molar-refractivity contribution in [2.75, 3.05) is 13.7 Å². The van der Waals surface area contributed by atoms with E-state index in [0.29, 0.717) is 18.6 Å². The summed E-state index contributed by atoms with van der Waals surface area (Å²) in [7, 11) is 1.42. The maximum absolute atomic E-state index is 11.5. The highest BCUT2D eigenvalue weighted by atomic mass is 16.5. The molecule has 0 saturated heterocycles. The predicted molar refractivity (Wildman–Crippen MR) is 66.8 cm³/mol. The topological polar surface area (TPSA) is 47.6 Å². The van der Waals surface area contributed by atoms with Crippen LogP contribution in [0.15, 0.2) is 0 Å². The van der Waals surface area contributed by atoms with Crippen molar-refractivity contribution < 1.29 is 14.3 Å². The third-order valence-corrected chi connectivity index (χ3v) is 2.85. The lowest BCUT2D eigenvalue weighted by Gasteiger charge is -2.20. The van der Waals surface area contributed by atoms with Gasteiger partial charge >= 0.3 is 5.97 Å². The minimum Gasteiger partial charge on any atom is -0.468 e. The molecule has 0 aliphatic heterocycles. The fourth-order valence-corrected chi connectivity index (χ4v) is 1.85. The second-order valence-corrected chi connectivity index (χ2v) is 5.29. The van der Waals surface area contributed by atoms with Crippen LogP contribution in [0, 0.1) is 5.92 Å². The average Bonchev–Trinajstić information content (AvgIpc) is 3.05. The van der Waals surface area contributed by atoms with E-state index in [1.165, 1.54) is 7.11 Å². The van der Waals surface area contributed by atoms with Crippen LogP contribution in [0.4, 0.5) is 0 Å². The molecular weight excluding hydrogens is 218 g/mol. The summed E-state index contributed by atoms with van der Waals surface area (Å²) < 4.78 is 10.5. The average molecular weight is 243 g/mol. The number of hydrogen-bond donors (Lipinski definition) is 1. The Morgan fingerprint density at radius 1 is 1.35 bits per heavy atom. The van der Waals surface area contributed by atoms with Crippen LogP contribution in [0.2, 0.25) is 0 Å². The SMILES string of the molecule is COC(=O)C(COC(C)CC(C)C)NC1CC1. The van der Waals surface area contributed by atoms with E-state index in [4.69, 9.17) is 9.47 Å². The Hall–Kier alpha value is -0.610. The molecular formula is C13H25NO3. The maximum Gasteiger partial charge on any atom is 0.325 e. The molecule has 0 bridgehead atoms. The highest BCUT2D eigenvalue weighted by molar-refractivity contribution is 5.75. The first-order chi connectivity index (χ1) is 8.02. The van der Waals surface area contributed by atoms with Gasteiger partial charge in [-0.1, -0.05) is 13.8 Å². The van der Waals surface area contributed by atoms with Gasteiger partial charge in [0.15, 0.2) is 0 Å². The normalized spacial score (nSPS) is 19.1. The Balaban J connectivity index is 2.29. The van der Waals surface area contributed by atoms with E-state index in [9.17, 15) is 4.79 Å². The first-order valence-corrected chi connectivity index (χ1v) is 6.48. The van der Waals surface area contributed by atoms with E-state index in [1.807, 2.05) is 6.92 Å². The van der Waals surface area contributed by atoms with Crippen molar-refractivity contribution in [2.24, 2.45) is 5.92 Å². The summed E-state index contributed by atoms with van der Waals surface area (Å²) in [6, 6.07) is 0.158. The van der Waals surface area contributed by atoms with Crippen LogP contribution < -0.4 is 5.32 Å². The van der Waals surface area contributed by atoms with E-state index < -0.39 is 0 Å². The number of esters is 1. The molecule has 0 aromatic rings. The molecule has 2 unspecified atom stereocenters. The lowest BCUT2D eigenvalue weighted by Crippen LogP contribution is -2.43. The second-order valence-electron chi connectivity index (χ2n) is 5.29. The van der Waals surface area contributed by atoms with Gasteiger partial charge in [-0.3, -0.25) is 10.1 Å². The van der Waals surface area contributed by atoms with Gasteiger partial charge in [-0.05, 0) is 32.1 Å². The van der Waals surface area contributed by atoms with Crippen molar-refractivity contribution in [3.8, 4) is 0 Å². The monoisotopic (exact) mass is 243 g/mol. The molecule has 1 aliphatic rings. The van der Waals surface area contributed by atoms with Gasteiger partial charge in [-0.25, -0.2) is 0 Å². The second kappa shape index (κ2) is 6.97. The van der Waals surface area contributed by atoms with Crippen molar-refractivity contribution in [3.05, 3.63) is 0 Å². The smallest absolute Gasteiger partial charge is 0.325 e. The van der Waals surface area contributed by atoms with E-state index in [0.717, 1.165) is 19.3 Å². The zero-order valence-corrected chi connectivity index (χ0v) is 11.4. The van der Waals surface area contributed by atoms with Gasteiger partial charge in [0.25, 0.3) is 0 Å². The molecule has 1 rings (SSSR count). The summed E-state index contributed by atoms with van der Waals surface area (Å²) in [5.74, 6) is 0.381. The molecule has 0 amide bonds. The van der Waals surface area contributed by atoms with Gasteiger partial charge in [0.05, 0.1) is 19.8 Å². The zero-order valence-electron chi connectivity index (χ0n) is 11.4. The van der Waals surface area contributed by atoms with Crippen LogP contribution in [-0.4, -0.2) is 37.9 Å². The van der Waals surface area contributed by atoms with Crippen LogP contribution >= 0.6 is 0 Å². The molecule has 4 nitrogen and oxygen atoms in total. The van der Waals surface area contributed by atoms with E-state index in [2.05, 4.69) is 19.2 Å². The van der Waals surface area contributed by atoms with Gasteiger partial charge < -0.3 is 9.47 Å². The maximum atomic E-state index is 11.5. The number of rotatable bonds is 8. The minimum atomic E-state index is -0.317. The third kappa shape index (κ3) is 6.03. The first-order valence-electron chi connectivity index (χ1n) is 6.48. The quantitative estimate of drug-likeness (QED) is 0.660. The molecule has 0 aromatic carbocycles. The van der Waals surface area contributed by atoms with Gasteiger partial charge in [0.2, 0.25) is 0 Å². The van der Waals surface area contributed by atoms with Crippen LogP contribution in [0.5, 0.6) is 0 Å². The molecule has 2 atom stereocenters. The Kier molecular flexibility index (Phi) is 5.92. The Morgan fingerprint density at radius 2 is 2.00 bits per heavy atom. The van der Waals surface area contributed by atoms with E-state index in [1.54, 1.807) is 0 Å². The van der Waals surface area contributed by atoms with Gasteiger partial charge in [-0.15, -0.1) is 0 Å². The molecule has 100 valence electrons. The van der Waals surface area contributed by atoms with Crippen molar-refractivity contribution in [1.82, 2.24) is 5.32 Å². The van der Waals surface area contributed by atoms with E-state index in [-0.39, 0.29) is 18.1 Å². The number of methoxy groups -OCH3 is 1. The van der Waals surface area contributed by atoms with Crippen molar-refractivity contribution >= 4 is 5.97 Å². The Bertz CT molecular complexity index is 239. The van der Waals surface area contributed by atoms with Crippen molar-refractivity contribution in [2.45, 2.75) is 58.2 Å². The Morgan fingerprint density at radius 3 is 2.47 bits per heavy atom. The highest BCUT2D eigenvalue weighted by Gasteiger charge is 2.29. The molecule has 0 spiro atoms. The van der Waals surface area contributed by atoms with Crippen LogP contribution in [0.25, 0.3) is 0 Å². The number of nitrogens with one attached hydrogen (secondary N) is 1. The number of carbonyl (C=O) groups is 1. The summed E-state index contributed by atoms with van der Waals surface area (Å²) in [6.07, 6.45) is 3.49. The number of carbonyl (C=O) groups excluding carboxylic acids is 1. The zero-order chi connectivity index (χ0) is 12.8. The molecule has 17 heavy (non-hydrogen) atoms. The lowest BCUT2D eigenvalue weighted by atomic mass is 10.1. The first kappa shape index (κ1) is 14.5. The molecule has 1 fully saturated rings. The summed E-state index contributed by atoms with van der Waals surface area (Å²) in [4.78, 5) is 11.5. The minimum absolute atomic E-state index is 0.183. The molecule has 0 radical (unpaired) electrons. The van der Waals surface area contributed by atoms with Crippen molar-refractivity contribution in [3.63, 3.8) is 0 Å². The van der Waals surface area contributed by atoms with Gasteiger partial charge in [-0.2, -0.15) is 0 Å². The lowest BCUT2D eigenvalue weighted by molar-refractivity contribution is -0.145. The van der Waals surface area contributed by atoms with Crippen molar-refractivity contribution in [1.29, 1.82) is 0 Å². The summed E-state index contributed by atoms with van der Waals surface area (Å²) in [5.41, 5.74) is 0. The molecule has 4 heteroatoms. The molecule has 1 N–H and O–H groups in total. The number of ether oxygens (including phenoxy) is 2. The summed E-state index contributed by atoms with van der Waals surface area (Å²) in [5, 5.41) is 3.25.